The number of hydrogen-bond acceptors (Lipinski definition) is 3. The summed E-state index contributed by atoms with van der Waals surface area (Å²) in [5.74, 6) is -0.324. The Labute approximate surface area is 135 Å². The molecule has 2 fully saturated rings. The Balaban J connectivity index is 1.58. The number of amides is 2. The van der Waals surface area contributed by atoms with Crippen molar-refractivity contribution in [1.29, 1.82) is 0 Å². The van der Waals surface area contributed by atoms with Crippen molar-refractivity contribution >= 4 is 11.8 Å². The zero-order valence-corrected chi connectivity index (χ0v) is 13.2. The van der Waals surface area contributed by atoms with E-state index in [1.165, 1.54) is 6.07 Å². The van der Waals surface area contributed by atoms with Gasteiger partial charge in [-0.15, -0.1) is 0 Å². The molecule has 0 aliphatic carbocycles. The first-order chi connectivity index (χ1) is 11.1. The Morgan fingerprint density at radius 2 is 2.17 bits per heavy atom. The van der Waals surface area contributed by atoms with Crippen molar-refractivity contribution in [3.05, 3.63) is 35.6 Å². The number of likely N-dealkylation sites (tertiary alicyclic amines) is 1. The van der Waals surface area contributed by atoms with E-state index in [4.69, 9.17) is 4.74 Å². The monoisotopic (exact) mass is 320 g/mol. The van der Waals surface area contributed by atoms with Crippen LogP contribution in [-0.4, -0.2) is 60.5 Å². The molecule has 2 amide bonds. The molecule has 2 aliphatic heterocycles. The van der Waals surface area contributed by atoms with Crippen molar-refractivity contribution in [1.82, 2.24) is 9.80 Å². The van der Waals surface area contributed by atoms with Gasteiger partial charge in [-0.2, -0.15) is 0 Å². The van der Waals surface area contributed by atoms with Gasteiger partial charge in [0.1, 0.15) is 12.4 Å². The zero-order chi connectivity index (χ0) is 16.4. The van der Waals surface area contributed by atoms with Crippen molar-refractivity contribution < 1.29 is 18.7 Å². The summed E-state index contributed by atoms with van der Waals surface area (Å²) in [5, 5.41) is 0. The van der Waals surface area contributed by atoms with Gasteiger partial charge in [0.2, 0.25) is 11.8 Å². The summed E-state index contributed by atoms with van der Waals surface area (Å²) in [4.78, 5) is 27.6. The maximum Gasteiger partial charge on any atom is 0.248 e. The predicted molar refractivity (Wildman–Crippen MR) is 82.2 cm³/mol. The maximum atomic E-state index is 13.6. The van der Waals surface area contributed by atoms with Gasteiger partial charge in [-0.1, -0.05) is 18.2 Å². The van der Waals surface area contributed by atoms with Crippen molar-refractivity contribution in [3.63, 3.8) is 0 Å². The predicted octanol–water partition coefficient (Wildman–Crippen LogP) is 1.22. The van der Waals surface area contributed by atoms with E-state index in [-0.39, 0.29) is 42.8 Å². The average molecular weight is 320 g/mol. The van der Waals surface area contributed by atoms with Crippen LogP contribution in [0.15, 0.2) is 24.3 Å². The molecule has 3 rings (SSSR count). The van der Waals surface area contributed by atoms with Crippen LogP contribution in [0.5, 0.6) is 0 Å². The van der Waals surface area contributed by atoms with Gasteiger partial charge in [-0.3, -0.25) is 9.59 Å². The fraction of sp³-hybridized carbons (Fsp3) is 0.529. The topological polar surface area (TPSA) is 49.9 Å². The number of carbonyl (C=O) groups excluding carboxylic acids is 2. The van der Waals surface area contributed by atoms with Crippen LogP contribution in [0.3, 0.4) is 0 Å². The molecule has 0 unspecified atom stereocenters. The minimum absolute atomic E-state index is 0.00174. The highest BCUT2D eigenvalue weighted by Crippen LogP contribution is 2.23. The quantitative estimate of drug-likeness (QED) is 0.841. The lowest BCUT2D eigenvalue weighted by Crippen LogP contribution is -2.61. The molecule has 2 heterocycles. The first kappa shape index (κ1) is 15.9. The second-order valence-corrected chi connectivity index (χ2v) is 6.14. The first-order valence-corrected chi connectivity index (χ1v) is 7.94. The number of halogens is 1. The van der Waals surface area contributed by atoms with Crippen molar-refractivity contribution in [3.8, 4) is 0 Å². The molecular formula is C17H21FN2O3. The number of rotatable bonds is 3. The molecule has 23 heavy (non-hydrogen) atoms. The minimum atomic E-state index is -0.273. The highest BCUT2D eigenvalue weighted by molar-refractivity contribution is 5.79. The number of benzene rings is 1. The van der Waals surface area contributed by atoms with Crippen LogP contribution in [0.2, 0.25) is 0 Å². The van der Waals surface area contributed by atoms with Crippen LogP contribution < -0.4 is 0 Å². The molecule has 0 saturated carbocycles. The Morgan fingerprint density at radius 1 is 1.39 bits per heavy atom. The number of likely N-dealkylation sites (N-methyl/N-ethyl adjacent to an activating group) is 1. The van der Waals surface area contributed by atoms with E-state index in [1.54, 1.807) is 35.0 Å². The fourth-order valence-corrected chi connectivity index (χ4v) is 3.27. The third kappa shape index (κ3) is 3.37. The van der Waals surface area contributed by atoms with E-state index in [1.807, 2.05) is 0 Å². The summed E-state index contributed by atoms with van der Waals surface area (Å²) >= 11 is 0. The van der Waals surface area contributed by atoms with Crippen LogP contribution in [0.25, 0.3) is 0 Å². The summed E-state index contributed by atoms with van der Waals surface area (Å²) in [6, 6.07) is 6.44. The van der Waals surface area contributed by atoms with Crippen molar-refractivity contribution in [2.75, 3.05) is 26.7 Å². The molecule has 124 valence electrons. The van der Waals surface area contributed by atoms with Gasteiger partial charge < -0.3 is 14.5 Å². The summed E-state index contributed by atoms with van der Waals surface area (Å²) in [5.41, 5.74) is 0.559. The number of ether oxygens (including phenoxy) is 1. The Bertz CT molecular complexity index is 607. The van der Waals surface area contributed by atoms with Gasteiger partial charge in [0.05, 0.1) is 12.1 Å². The number of nitrogens with zero attached hydrogens (tertiary/aromatic N) is 2. The van der Waals surface area contributed by atoms with Crippen LogP contribution in [0, 0.1) is 5.82 Å². The second kappa shape index (κ2) is 6.66. The Hall–Kier alpha value is -1.95. The molecule has 0 spiro atoms. The Morgan fingerprint density at radius 3 is 2.96 bits per heavy atom. The largest absolute Gasteiger partial charge is 0.366 e. The van der Waals surface area contributed by atoms with Crippen molar-refractivity contribution in [2.24, 2.45) is 0 Å². The number of aryl methyl sites for hydroxylation is 1. The maximum absolute atomic E-state index is 13.6. The molecule has 0 aromatic heterocycles. The molecule has 2 aliphatic rings. The van der Waals surface area contributed by atoms with Gasteiger partial charge >= 0.3 is 0 Å². The highest BCUT2D eigenvalue weighted by atomic mass is 19.1. The van der Waals surface area contributed by atoms with E-state index in [2.05, 4.69) is 0 Å². The van der Waals surface area contributed by atoms with Gasteiger partial charge in [0.15, 0.2) is 0 Å². The van der Waals surface area contributed by atoms with Gasteiger partial charge in [0, 0.05) is 26.6 Å². The second-order valence-electron chi connectivity index (χ2n) is 6.14. The van der Waals surface area contributed by atoms with E-state index >= 15 is 0 Å². The van der Waals surface area contributed by atoms with E-state index < -0.39 is 0 Å². The SMILES string of the molecule is CN1C(=O)CO[C@@H]2CCN(C(=O)CCc3ccccc3F)C[C@@H]21. The van der Waals surface area contributed by atoms with Gasteiger partial charge in [0.25, 0.3) is 0 Å². The van der Waals surface area contributed by atoms with E-state index in [9.17, 15) is 14.0 Å². The molecule has 5 nitrogen and oxygen atoms in total. The van der Waals surface area contributed by atoms with E-state index in [0.717, 1.165) is 6.42 Å². The molecule has 0 bridgehead atoms. The molecule has 0 radical (unpaired) electrons. The summed E-state index contributed by atoms with van der Waals surface area (Å²) in [7, 11) is 1.76. The van der Waals surface area contributed by atoms with Crippen LogP contribution in [0.4, 0.5) is 4.39 Å². The smallest absolute Gasteiger partial charge is 0.248 e. The first-order valence-electron chi connectivity index (χ1n) is 7.94. The number of piperidine rings is 1. The average Bonchev–Trinajstić information content (AvgIpc) is 2.57. The lowest BCUT2D eigenvalue weighted by Gasteiger charge is -2.45. The molecule has 1 aromatic rings. The number of hydrogen-bond donors (Lipinski definition) is 0. The lowest BCUT2D eigenvalue weighted by molar-refractivity contribution is -0.163. The normalized spacial score (nSPS) is 24.5. The third-order valence-electron chi connectivity index (χ3n) is 4.75. The number of carbonyl (C=O) groups is 2. The third-order valence-corrected chi connectivity index (χ3v) is 4.75. The molecule has 6 heteroatoms. The van der Waals surface area contributed by atoms with Gasteiger partial charge in [-0.05, 0) is 24.5 Å². The fourth-order valence-electron chi connectivity index (χ4n) is 3.27. The summed E-state index contributed by atoms with van der Waals surface area (Å²) in [6.45, 7) is 1.24. The number of morpholine rings is 1. The molecule has 0 N–H and O–H groups in total. The zero-order valence-electron chi connectivity index (χ0n) is 13.2. The van der Waals surface area contributed by atoms with Gasteiger partial charge in [-0.25, -0.2) is 4.39 Å². The van der Waals surface area contributed by atoms with Crippen molar-refractivity contribution in [2.45, 2.75) is 31.4 Å². The minimum Gasteiger partial charge on any atom is -0.366 e. The van der Waals surface area contributed by atoms with Crippen LogP contribution in [0.1, 0.15) is 18.4 Å². The lowest BCUT2D eigenvalue weighted by atomic mass is 9.98. The highest BCUT2D eigenvalue weighted by Gasteiger charge is 2.39. The molecule has 2 saturated heterocycles. The standard InChI is InChI=1S/C17H21FN2O3/c1-19-14-10-20(9-8-15(14)23-11-17(19)22)16(21)7-6-12-4-2-3-5-13(12)18/h2-5,14-15H,6-11H2,1H3/t14-,15+/m0/s1. The van der Waals surface area contributed by atoms with Crippen LogP contribution in [-0.2, 0) is 20.7 Å². The molecular weight excluding hydrogens is 299 g/mol. The van der Waals surface area contributed by atoms with Crippen LogP contribution >= 0.6 is 0 Å². The number of fused-ring (bicyclic) bond motifs is 1. The Kier molecular flexibility index (Phi) is 4.61. The molecule has 2 atom stereocenters. The van der Waals surface area contributed by atoms with E-state index in [0.29, 0.717) is 25.1 Å². The summed E-state index contributed by atoms with van der Waals surface area (Å²) in [6.07, 6.45) is 1.40. The molecule has 1 aromatic carbocycles. The summed E-state index contributed by atoms with van der Waals surface area (Å²) < 4.78 is 19.2.